The van der Waals surface area contributed by atoms with E-state index in [0.29, 0.717) is 34.5 Å². The fourth-order valence-electron chi connectivity index (χ4n) is 2.65. The molecule has 148 valence electrons. The van der Waals surface area contributed by atoms with Gasteiger partial charge in [0.15, 0.2) is 11.6 Å². The molecular weight excluding hydrogens is 386 g/mol. The van der Waals surface area contributed by atoms with E-state index in [4.69, 9.17) is 15.8 Å². The van der Waals surface area contributed by atoms with E-state index in [1.807, 2.05) is 43.5 Å². The smallest absolute Gasteiger partial charge is 0.223 e. The van der Waals surface area contributed by atoms with Crippen molar-refractivity contribution in [3.05, 3.63) is 53.9 Å². The number of nitrogen functional groups attached to an aromatic ring is 1. The van der Waals surface area contributed by atoms with Crippen molar-refractivity contribution in [1.82, 2.24) is 9.97 Å². The fraction of sp³-hybridized carbons (Fsp3) is 0.150. The van der Waals surface area contributed by atoms with Crippen LogP contribution in [-0.2, 0) is 0 Å². The molecule has 3 aromatic rings. The van der Waals surface area contributed by atoms with Crippen LogP contribution in [0.15, 0.2) is 47.5 Å². The summed E-state index contributed by atoms with van der Waals surface area (Å²) in [5.74, 6) is 7.12. The van der Waals surface area contributed by atoms with E-state index < -0.39 is 0 Å². The van der Waals surface area contributed by atoms with Gasteiger partial charge in [0, 0.05) is 23.7 Å². The Balaban J connectivity index is 1.96. The number of aromatic nitrogens is 2. The molecule has 5 N–H and O–H groups in total. The number of aryl methyl sites for hydroxylation is 1. The van der Waals surface area contributed by atoms with Crippen molar-refractivity contribution in [3.63, 3.8) is 0 Å². The Morgan fingerprint density at radius 3 is 2.55 bits per heavy atom. The molecule has 0 atom stereocenters. The molecule has 1 aromatic carbocycles. The first-order valence-electron chi connectivity index (χ1n) is 8.73. The predicted molar refractivity (Wildman–Crippen MR) is 117 cm³/mol. The lowest BCUT2D eigenvalue weighted by Crippen LogP contribution is -2.13. The molecule has 0 bridgehead atoms. The number of anilines is 4. The molecule has 0 spiro atoms. The topological polar surface area (TPSA) is 121 Å². The lowest BCUT2D eigenvalue weighted by Gasteiger charge is -2.17. The first kappa shape index (κ1) is 20.3. The second-order valence-electron chi connectivity index (χ2n) is 6.03. The number of nitriles is 1. The SMILES string of the molecule is CNc1nc(Oc2cnc(C#N)cc2C)cc(Nc2ccc(SC)cc2)c1NN. The van der Waals surface area contributed by atoms with E-state index in [2.05, 4.69) is 26.0 Å². The summed E-state index contributed by atoms with van der Waals surface area (Å²) in [4.78, 5) is 9.69. The summed E-state index contributed by atoms with van der Waals surface area (Å²) in [5, 5.41) is 15.3. The third-order valence-electron chi connectivity index (χ3n) is 4.14. The van der Waals surface area contributed by atoms with Gasteiger partial charge >= 0.3 is 0 Å². The van der Waals surface area contributed by atoms with Gasteiger partial charge < -0.3 is 20.8 Å². The van der Waals surface area contributed by atoms with Crippen LogP contribution in [0.3, 0.4) is 0 Å². The Bertz CT molecular complexity index is 1050. The molecule has 0 aliphatic rings. The highest BCUT2D eigenvalue weighted by atomic mass is 32.2. The highest BCUT2D eigenvalue weighted by Crippen LogP contribution is 2.36. The summed E-state index contributed by atoms with van der Waals surface area (Å²) in [6.45, 7) is 1.85. The van der Waals surface area contributed by atoms with Gasteiger partial charge in [-0.3, -0.25) is 5.84 Å². The third kappa shape index (κ3) is 4.68. The number of nitrogens with one attached hydrogen (secondary N) is 3. The van der Waals surface area contributed by atoms with Crippen molar-refractivity contribution >= 4 is 34.6 Å². The van der Waals surface area contributed by atoms with Crippen LogP contribution in [0.1, 0.15) is 11.3 Å². The zero-order chi connectivity index (χ0) is 20.8. The van der Waals surface area contributed by atoms with Crippen LogP contribution >= 0.6 is 11.8 Å². The minimum Gasteiger partial charge on any atom is -0.437 e. The first-order chi connectivity index (χ1) is 14.1. The van der Waals surface area contributed by atoms with E-state index in [9.17, 15) is 0 Å². The number of rotatable bonds is 7. The number of ether oxygens (including phenoxy) is 1. The van der Waals surface area contributed by atoms with Crippen molar-refractivity contribution < 1.29 is 4.74 Å². The molecule has 2 aromatic heterocycles. The number of hydrazine groups is 1. The molecule has 0 saturated heterocycles. The van der Waals surface area contributed by atoms with Crippen LogP contribution in [0, 0.1) is 18.3 Å². The fourth-order valence-corrected chi connectivity index (χ4v) is 3.06. The summed E-state index contributed by atoms with van der Waals surface area (Å²) in [6, 6.07) is 13.5. The number of nitrogens with two attached hydrogens (primary N) is 1. The molecule has 0 saturated carbocycles. The van der Waals surface area contributed by atoms with Gasteiger partial charge in [0.25, 0.3) is 0 Å². The van der Waals surface area contributed by atoms with Crippen molar-refractivity contribution in [2.75, 3.05) is 29.4 Å². The van der Waals surface area contributed by atoms with Crippen LogP contribution < -0.4 is 26.6 Å². The van der Waals surface area contributed by atoms with Gasteiger partial charge in [-0.25, -0.2) is 4.98 Å². The molecule has 2 heterocycles. The first-order valence-corrected chi connectivity index (χ1v) is 9.95. The number of thioether (sulfide) groups is 1. The molecule has 0 amide bonds. The standard InChI is InChI=1S/C20H21N7OS/c1-12-8-14(10-21)24-11-17(12)28-18-9-16(19(27-22)20(23-2)26-18)25-13-4-6-15(29-3)7-5-13/h4-9,11,27H,22H2,1-3H3,(H2,23,25,26). The predicted octanol–water partition coefficient (Wildman–Crippen LogP) is 4.24. The summed E-state index contributed by atoms with van der Waals surface area (Å²) >= 11 is 1.68. The lowest BCUT2D eigenvalue weighted by atomic mass is 10.2. The van der Waals surface area contributed by atoms with Crippen LogP contribution in [0.2, 0.25) is 0 Å². The quantitative estimate of drug-likeness (QED) is 0.259. The monoisotopic (exact) mass is 407 g/mol. The van der Waals surface area contributed by atoms with Crippen molar-refractivity contribution in [2.45, 2.75) is 11.8 Å². The number of hydrogen-bond acceptors (Lipinski definition) is 9. The van der Waals surface area contributed by atoms with Crippen molar-refractivity contribution in [1.29, 1.82) is 5.26 Å². The van der Waals surface area contributed by atoms with Gasteiger partial charge in [0.2, 0.25) is 5.88 Å². The maximum Gasteiger partial charge on any atom is 0.223 e. The zero-order valence-electron chi connectivity index (χ0n) is 16.3. The molecule has 0 radical (unpaired) electrons. The van der Waals surface area contributed by atoms with Crippen LogP contribution in [-0.4, -0.2) is 23.3 Å². The van der Waals surface area contributed by atoms with E-state index >= 15 is 0 Å². The number of nitrogens with zero attached hydrogens (tertiary/aromatic N) is 3. The highest BCUT2D eigenvalue weighted by molar-refractivity contribution is 7.98. The van der Waals surface area contributed by atoms with E-state index in [-0.39, 0.29) is 0 Å². The second-order valence-corrected chi connectivity index (χ2v) is 6.91. The molecule has 0 unspecified atom stereocenters. The van der Waals surface area contributed by atoms with E-state index in [1.54, 1.807) is 30.9 Å². The van der Waals surface area contributed by atoms with Gasteiger partial charge in [-0.1, -0.05) is 0 Å². The lowest BCUT2D eigenvalue weighted by molar-refractivity contribution is 0.458. The van der Waals surface area contributed by atoms with Gasteiger partial charge in [-0.15, -0.1) is 11.8 Å². The van der Waals surface area contributed by atoms with Crippen molar-refractivity contribution in [2.24, 2.45) is 5.84 Å². The number of benzene rings is 1. The van der Waals surface area contributed by atoms with Crippen LogP contribution in [0.4, 0.5) is 22.9 Å². The normalized spacial score (nSPS) is 10.2. The Morgan fingerprint density at radius 1 is 1.21 bits per heavy atom. The maximum absolute atomic E-state index is 8.98. The van der Waals surface area contributed by atoms with E-state index in [1.165, 1.54) is 11.1 Å². The number of hydrogen-bond donors (Lipinski definition) is 4. The largest absolute Gasteiger partial charge is 0.437 e. The average molecular weight is 408 g/mol. The minimum atomic E-state index is 0.331. The van der Waals surface area contributed by atoms with Gasteiger partial charge in [-0.05, 0) is 49.1 Å². The molecule has 9 heteroatoms. The Hall–Kier alpha value is -3.48. The summed E-state index contributed by atoms with van der Waals surface area (Å²) in [5.41, 5.74) is 5.99. The molecule has 8 nitrogen and oxygen atoms in total. The van der Waals surface area contributed by atoms with Gasteiger partial charge in [0.1, 0.15) is 17.5 Å². The number of pyridine rings is 2. The summed E-state index contributed by atoms with van der Waals surface area (Å²) in [7, 11) is 1.75. The Kier molecular flexibility index (Phi) is 6.39. The highest BCUT2D eigenvalue weighted by Gasteiger charge is 2.14. The van der Waals surface area contributed by atoms with Crippen LogP contribution in [0.5, 0.6) is 11.6 Å². The molecule has 29 heavy (non-hydrogen) atoms. The maximum atomic E-state index is 8.98. The Morgan fingerprint density at radius 2 is 1.97 bits per heavy atom. The molecule has 3 rings (SSSR count). The average Bonchev–Trinajstić information content (AvgIpc) is 2.75. The third-order valence-corrected chi connectivity index (χ3v) is 4.88. The molecular formula is C20H21N7OS. The minimum absolute atomic E-state index is 0.331. The van der Waals surface area contributed by atoms with Crippen molar-refractivity contribution in [3.8, 4) is 17.7 Å². The summed E-state index contributed by atoms with van der Waals surface area (Å²) < 4.78 is 5.93. The molecule has 0 fully saturated rings. The molecule has 0 aliphatic carbocycles. The molecule has 0 aliphatic heterocycles. The van der Waals surface area contributed by atoms with Gasteiger partial charge in [-0.2, -0.15) is 10.2 Å². The Labute approximate surface area is 173 Å². The zero-order valence-corrected chi connectivity index (χ0v) is 17.1. The van der Waals surface area contributed by atoms with E-state index in [0.717, 1.165) is 11.3 Å². The van der Waals surface area contributed by atoms with Crippen LogP contribution in [0.25, 0.3) is 0 Å². The summed E-state index contributed by atoms with van der Waals surface area (Å²) in [6.07, 6.45) is 3.54. The van der Waals surface area contributed by atoms with Gasteiger partial charge in [0.05, 0.1) is 11.9 Å². The second kappa shape index (κ2) is 9.14.